The maximum atomic E-state index is 11.5. The van der Waals surface area contributed by atoms with E-state index < -0.39 is 0 Å². The van der Waals surface area contributed by atoms with E-state index in [2.05, 4.69) is 0 Å². The molecule has 0 spiro atoms. The second kappa shape index (κ2) is 2.55. The zero-order valence-corrected chi connectivity index (χ0v) is 7.70. The molecule has 1 aliphatic heterocycles. The first-order valence-corrected chi connectivity index (χ1v) is 4.35. The lowest BCUT2D eigenvalue weighted by molar-refractivity contribution is -0.135. The molecule has 1 heterocycles. The molecule has 1 unspecified atom stereocenters. The summed E-state index contributed by atoms with van der Waals surface area (Å²) < 4.78 is 0. The van der Waals surface area contributed by atoms with Crippen LogP contribution in [0.15, 0.2) is 23.3 Å². The Morgan fingerprint density at radius 1 is 1.38 bits per heavy atom. The molecule has 3 heteroatoms. The minimum Gasteiger partial charge on any atom is -0.278 e. The monoisotopic (exact) mass is 177 g/mol. The maximum absolute atomic E-state index is 11.5. The maximum Gasteiger partial charge on any atom is 0.260 e. The number of hydrogen-bond donors (Lipinski definition) is 0. The number of nitrogens with zero attached hydrogens (tertiary/aromatic N) is 1. The number of likely N-dealkylation sites (N-methyl/N-ethyl adjacent to an activating group) is 1. The van der Waals surface area contributed by atoms with Crippen LogP contribution in [-0.2, 0) is 9.59 Å². The largest absolute Gasteiger partial charge is 0.278 e. The molecule has 0 aromatic heterocycles. The van der Waals surface area contributed by atoms with Crippen LogP contribution >= 0.6 is 0 Å². The number of rotatable bonds is 0. The quantitative estimate of drug-likeness (QED) is 0.515. The molecule has 2 rings (SSSR count). The summed E-state index contributed by atoms with van der Waals surface area (Å²) in [5.74, 6) is 0.0707. The Morgan fingerprint density at radius 2 is 2.08 bits per heavy atom. The number of carbonyl (C=O) groups excluding carboxylic acids is 2. The second-order valence-electron chi connectivity index (χ2n) is 3.60. The molecule has 2 aliphatic rings. The Labute approximate surface area is 76.7 Å². The number of hydrogen-bond acceptors (Lipinski definition) is 2. The van der Waals surface area contributed by atoms with Gasteiger partial charge in [0.15, 0.2) is 0 Å². The summed E-state index contributed by atoms with van der Waals surface area (Å²) in [6.07, 6.45) is 4.44. The smallest absolute Gasteiger partial charge is 0.260 e. The molecule has 2 amide bonds. The molecule has 0 aromatic rings. The molecule has 13 heavy (non-hydrogen) atoms. The van der Waals surface area contributed by atoms with Gasteiger partial charge in [-0.25, -0.2) is 0 Å². The predicted molar refractivity (Wildman–Crippen MR) is 47.7 cm³/mol. The van der Waals surface area contributed by atoms with Gasteiger partial charge in [-0.15, -0.1) is 0 Å². The fraction of sp³-hybridized carbons (Fsp3) is 0.400. The highest BCUT2D eigenvalue weighted by Crippen LogP contribution is 2.30. The van der Waals surface area contributed by atoms with Crippen molar-refractivity contribution in [2.75, 3.05) is 7.05 Å². The molecule has 1 atom stereocenters. The molecular weight excluding hydrogens is 166 g/mol. The van der Waals surface area contributed by atoms with Gasteiger partial charge >= 0.3 is 0 Å². The molecule has 0 aromatic carbocycles. The molecule has 0 saturated heterocycles. The lowest BCUT2D eigenvalue weighted by atomic mass is 9.92. The van der Waals surface area contributed by atoms with Gasteiger partial charge in [-0.1, -0.05) is 19.1 Å². The summed E-state index contributed by atoms with van der Waals surface area (Å²) in [6, 6.07) is 0. The minimum atomic E-state index is -0.164. The molecule has 0 radical (unpaired) electrons. The number of amides is 2. The van der Waals surface area contributed by atoms with Gasteiger partial charge < -0.3 is 0 Å². The van der Waals surface area contributed by atoms with Crippen molar-refractivity contribution < 1.29 is 9.59 Å². The Hall–Kier alpha value is -1.38. The van der Waals surface area contributed by atoms with Crippen LogP contribution < -0.4 is 0 Å². The van der Waals surface area contributed by atoms with Gasteiger partial charge in [-0.05, 0) is 12.3 Å². The third-order valence-corrected chi connectivity index (χ3v) is 2.54. The standard InChI is InChI=1S/C10H11NO2/c1-6-3-4-7-8(5-6)10(13)11(2)9(7)12/h3-4,6H,5H2,1-2H3. The third kappa shape index (κ3) is 1.03. The second-order valence-corrected chi connectivity index (χ2v) is 3.60. The van der Waals surface area contributed by atoms with E-state index in [-0.39, 0.29) is 11.8 Å². The molecule has 0 saturated carbocycles. The van der Waals surface area contributed by atoms with E-state index in [0.717, 1.165) is 0 Å². The lowest BCUT2D eigenvalue weighted by Gasteiger charge is -2.10. The molecule has 3 nitrogen and oxygen atoms in total. The van der Waals surface area contributed by atoms with Gasteiger partial charge in [0.1, 0.15) is 0 Å². The Bertz CT molecular complexity index is 352. The van der Waals surface area contributed by atoms with Crippen LogP contribution in [0.3, 0.4) is 0 Å². The number of imide groups is 1. The zero-order valence-electron chi connectivity index (χ0n) is 7.70. The van der Waals surface area contributed by atoms with E-state index in [0.29, 0.717) is 23.5 Å². The fourth-order valence-corrected chi connectivity index (χ4v) is 1.74. The van der Waals surface area contributed by atoms with E-state index in [4.69, 9.17) is 0 Å². The average Bonchev–Trinajstić information content (AvgIpc) is 2.32. The molecule has 68 valence electrons. The molecule has 0 N–H and O–H groups in total. The van der Waals surface area contributed by atoms with E-state index in [1.165, 1.54) is 11.9 Å². The van der Waals surface area contributed by atoms with E-state index in [1.54, 1.807) is 6.08 Å². The van der Waals surface area contributed by atoms with Crippen LogP contribution in [0.5, 0.6) is 0 Å². The summed E-state index contributed by atoms with van der Waals surface area (Å²) in [7, 11) is 1.53. The van der Waals surface area contributed by atoms with Gasteiger partial charge in [-0.3, -0.25) is 14.5 Å². The van der Waals surface area contributed by atoms with Crippen molar-refractivity contribution in [1.29, 1.82) is 0 Å². The van der Waals surface area contributed by atoms with Crippen molar-refractivity contribution in [1.82, 2.24) is 4.90 Å². The lowest BCUT2D eigenvalue weighted by Crippen LogP contribution is -2.26. The first-order chi connectivity index (χ1) is 6.11. The van der Waals surface area contributed by atoms with Crippen LogP contribution in [0.4, 0.5) is 0 Å². The summed E-state index contributed by atoms with van der Waals surface area (Å²) >= 11 is 0. The predicted octanol–water partition coefficient (Wildman–Crippen LogP) is 0.878. The normalized spacial score (nSPS) is 27.2. The highest BCUT2D eigenvalue weighted by atomic mass is 16.2. The van der Waals surface area contributed by atoms with Gasteiger partial charge in [0.05, 0.1) is 0 Å². The molecule has 0 fully saturated rings. The van der Waals surface area contributed by atoms with E-state index >= 15 is 0 Å². The molecule has 0 bridgehead atoms. The summed E-state index contributed by atoms with van der Waals surface area (Å²) in [5, 5.41) is 0. The summed E-state index contributed by atoms with van der Waals surface area (Å²) in [6.45, 7) is 2.04. The fourth-order valence-electron chi connectivity index (χ4n) is 1.74. The van der Waals surface area contributed by atoms with Crippen LogP contribution in [-0.4, -0.2) is 23.8 Å². The van der Waals surface area contributed by atoms with Gasteiger partial charge in [0.25, 0.3) is 11.8 Å². The number of allylic oxidation sites excluding steroid dienone is 1. The zero-order chi connectivity index (χ0) is 9.59. The molecule has 1 aliphatic carbocycles. The Balaban J connectivity index is 2.44. The van der Waals surface area contributed by atoms with Crippen LogP contribution in [0.2, 0.25) is 0 Å². The minimum absolute atomic E-state index is 0.129. The van der Waals surface area contributed by atoms with Crippen molar-refractivity contribution >= 4 is 11.8 Å². The van der Waals surface area contributed by atoms with Crippen molar-refractivity contribution in [2.45, 2.75) is 13.3 Å². The van der Waals surface area contributed by atoms with Gasteiger partial charge in [-0.2, -0.15) is 0 Å². The average molecular weight is 177 g/mol. The van der Waals surface area contributed by atoms with Crippen LogP contribution in [0.1, 0.15) is 13.3 Å². The highest BCUT2D eigenvalue weighted by Gasteiger charge is 2.35. The van der Waals surface area contributed by atoms with Crippen LogP contribution in [0.25, 0.3) is 0 Å². The first kappa shape index (κ1) is 8.23. The molecular formula is C10H11NO2. The van der Waals surface area contributed by atoms with E-state index in [1.807, 2.05) is 13.0 Å². The summed E-state index contributed by atoms with van der Waals surface area (Å²) in [4.78, 5) is 24.1. The van der Waals surface area contributed by atoms with Crippen molar-refractivity contribution in [2.24, 2.45) is 5.92 Å². The number of carbonyl (C=O) groups is 2. The van der Waals surface area contributed by atoms with Crippen LogP contribution in [0, 0.1) is 5.92 Å². The van der Waals surface area contributed by atoms with Crippen molar-refractivity contribution in [3.63, 3.8) is 0 Å². The Morgan fingerprint density at radius 3 is 2.77 bits per heavy atom. The van der Waals surface area contributed by atoms with Crippen molar-refractivity contribution in [3.8, 4) is 0 Å². The SMILES string of the molecule is CC1C=CC2=C(C1)C(=O)N(C)C2=O. The third-order valence-electron chi connectivity index (χ3n) is 2.54. The first-order valence-electron chi connectivity index (χ1n) is 4.35. The van der Waals surface area contributed by atoms with E-state index in [9.17, 15) is 9.59 Å². The Kier molecular flexibility index (Phi) is 1.62. The van der Waals surface area contributed by atoms with Crippen molar-refractivity contribution in [3.05, 3.63) is 23.3 Å². The van der Waals surface area contributed by atoms with Gasteiger partial charge in [0, 0.05) is 18.2 Å². The topological polar surface area (TPSA) is 37.4 Å². The van der Waals surface area contributed by atoms with Gasteiger partial charge in [0.2, 0.25) is 0 Å². The summed E-state index contributed by atoms with van der Waals surface area (Å²) in [5.41, 5.74) is 1.27. The highest BCUT2D eigenvalue weighted by molar-refractivity contribution is 6.20.